The zero-order valence-electron chi connectivity index (χ0n) is 11.0. The van der Waals surface area contributed by atoms with Crippen LogP contribution in [0.4, 0.5) is 4.39 Å². The molecule has 0 heterocycles. The van der Waals surface area contributed by atoms with Crippen molar-refractivity contribution in [3.05, 3.63) is 34.1 Å². The summed E-state index contributed by atoms with van der Waals surface area (Å²) in [6.07, 6.45) is 0. The summed E-state index contributed by atoms with van der Waals surface area (Å²) < 4.78 is 14.1. The molecule has 0 saturated heterocycles. The van der Waals surface area contributed by atoms with Crippen molar-refractivity contribution in [3.8, 4) is 0 Å². The summed E-state index contributed by atoms with van der Waals surface area (Å²) in [5.41, 5.74) is -0.0897. The number of hydrogen-bond donors (Lipinski definition) is 1. The average molecular weight is 331 g/mol. The SMILES string of the molecule is CCN(C)C(=O)C(C)NC(=O)c1cc(Br)ccc1F. The van der Waals surface area contributed by atoms with Gasteiger partial charge in [-0.15, -0.1) is 0 Å². The molecular formula is C13H16BrFN2O2. The van der Waals surface area contributed by atoms with Gasteiger partial charge in [-0.1, -0.05) is 15.9 Å². The maximum absolute atomic E-state index is 13.5. The van der Waals surface area contributed by atoms with E-state index in [0.29, 0.717) is 11.0 Å². The molecule has 0 aliphatic heterocycles. The molecule has 104 valence electrons. The molecule has 1 aromatic carbocycles. The Kier molecular flexibility index (Phi) is 5.47. The minimum Gasteiger partial charge on any atom is -0.344 e. The van der Waals surface area contributed by atoms with Gasteiger partial charge in [0.2, 0.25) is 5.91 Å². The molecule has 0 bridgehead atoms. The maximum atomic E-state index is 13.5. The van der Waals surface area contributed by atoms with Crippen LogP contribution in [0.5, 0.6) is 0 Å². The number of benzene rings is 1. The molecular weight excluding hydrogens is 315 g/mol. The molecule has 1 N–H and O–H groups in total. The number of nitrogens with one attached hydrogen (secondary N) is 1. The Bertz CT molecular complexity index is 494. The Morgan fingerprint density at radius 3 is 2.68 bits per heavy atom. The molecule has 4 nitrogen and oxygen atoms in total. The Hall–Kier alpha value is -1.43. The van der Waals surface area contributed by atoms with Gasteiger partial charge in [0, 0.05) is 18.1 Å². The molecule has 1 rings (SSSR count). The van der Waals surface area contributed by atoms with Crippen LogP contribution < -0.4 is 5.32 Å². The van der Waals surface area contributed by atoms with Gasteiger partial charge >= 0.3 is 0 Å². The fourth-order valence-corrected chi connectivity index (χ4v) is 1.86. The molecule has 1 atom stereocenters. The number of likely N-dealkylation sites (N-methyl/N-ethyl adjacent to an activating group) is 1. The van der Waals surface area contributed by atoms with E-state index in [0.717, 1.165) is 0 Å². The third kappa shape index (κ3) is 4.02. The monoisotopic (exact) mass is 330 g/mol. The van der Waals surface area contributed by atoms with Crippen LogP contribution in [0.15, 0.2) is 22.7 Å². The molecule has 1 unspecified atom stereocenters. The minimum atomic E-state index is -0.698. The van der Waals surface area contributed by atoms with E-state index in [1.165, 1.54) is 23.1 Å². The van der Waals surface area contributed by atoms with E-state index in [4.69, 9.17) is 0 Å². The summed E-state index contributed by atoms with van der Waals surface area (Å²) in [4.78, 5) is 25.2. The molecule has 0 radical (unpaired) electrons. The van der Waals surface area contributed by atoms with Crippen LogP contribution in [0.25, 0.3) is 0 Å². The van der Waals surface area contributed by atoms with Gasteiger partial charge in [0.15, 0.2) is 0 Å². The highest BCUT2D eigenvalue weighted by Crippen LogP contribution is 2.15. The summed E-state index contributed by atoms with van der Waals surface area (Å²) in [6, 6.07) is 3.39. The van der Waals surface area contributed by atoms with Crippen LogP contribution >= 0.6 is 15.9 Å². The second kappa shape index (κ2) is 6.65. The van der Waals surface area contributed by atoms with E-state index in [1.807, 2.05) is 6.92 Å². The first-order chi connectivity index (χ1) is 8.86. The number of carbonyl (C=O) groups excluding carboxylic acids is 2. The highest BCUT2D eigenvalue weighted by atomic mass is 79.9. The first-order valence-corrected chi connectivity index (χ1v) is 6.67. The summed E-state index contributed by atoms with van der Waals surface area (Å²) in [5, 5.41) is 2.49. The second-order valence-electron chi connectivity index (χ2n) is 4.17. The Morgan fingerprint density at radius 1 is 1.47 bits per heavy atom. The van der Waals surface area contributed by atoms with E-state index < -0.39 is 17.8 Å². The van der Waals surface area contributed by atoms with Crippen LogP contribution in [0.3, 0.4) is 0 Å². The molecule has 0 aliphatic carbocycles. The lowest BCUT2D eigenvalue weighted by molar-refractivity contribution is -0.131. The van der Waals surface area contributed by atoms with Crippen LogP contribution in [0.2, 0.25) is 0 Å². The number of hydrogen-bond acceptors (Lipinski definition) is 2. The molecule has 0 spiro atoms. The van der Waals surface area contributed by atoms with Gasteiger partial charge in [0.05, 0.1) is 5.56 Å². The van der Waals surface area contributed by atoms with Gasteiger partial charge in [0.25, 0.3) is 5.91 Å². The van der Waals surface area contributed by atoms with Gasteiger partial charge in [0.1, 0.15) is 11.9 Å². The van der Waals surface area contributed by atoms with Crippen LogP contribution in [0.1, 0.15) is 24.2 Å². The first kappa shape index (κ1) is 15.6. The van der Waals surface area contributed by atoms with E-state index in [-0.39, 0.29) is 11.5 Å². The number of carbonyl (C=O) groups is 2. The fraction of sp³-hybridized carbons (Fsp3) is 0.385. The minimum absolute atomic E-state index is 0.0897. The van der Waals surface area contributed by atoms with Gasteiger partial charge in [-0.3, -0.25) is 9.59 Å². The van der Waals surface area contributed by atoms with Crippen molar-refractivity contribution in [3.63, 3.8) is 0 Å². The van der Waals surface area contributed by atoms with Crippen molar-refractivity contribution >= 4 is 27.7 Å². The summed E-state index contributed by atoms with van der Waals surface area (Å²) >= 11 is 3.17. The number of rotatable bonds is 4. The standard InChI is InChI=1S/C13H16BrFN2O2/c1-4-17(3)13(19)8(2)16-12(18)10-7-9(14)5-6-11(10)15/h5-8H,4H2,1-3H3,(H,16,18). The van der Waals surface area contributed by atoms with Gasteiger partial charge < -0.3 is 10.2 Å². The van der Waals surface area contributed by atoms with Crippen molar-refractivity contribution in [1.82, 2.24) is 10.2 Å². The summed E-state index contributed by atoms with van der Waals surface area (Å²) in [7, 11) is 1.64. The van der Waals surface area contributed by atoms with Gasteiger partial charge in [-0.2, -0.15) is 0 Å². The Labute approximate surface area is 120 Å². The molecule has 19 heavy (non-hydrogen) atoms. The molecule has 0 saturated carbocycles. The van der Waals surface area contributed by atoms with Crippen LogP contribution in [-0.4, -0.2) is 36.3 Å². The summed E-state index contributed by atoms with van der Waals surface area (Å²) in [5.74, 6) is -1.44. The van der Waals surface area contributed by atoms with E-state index in [2.05, 4.69) is 21.2 Å². The lowest BCUT2D eigenvalue weighted by Gasteiger charge is -2.20. The third-order valence-corrected chi connectivity index (χ3v) is 3.23. The molecule has 0 aliphatic rings. The van der Waals surface area contributed by atoms with Crippen molar-refractivity contribution < 1.29 is 14.0 Å². The summed E-state index contributed by atoms with van der Waals surface area (Å²) in [6.45, 7) is 3.95. The molecule has 0 fully saturated rings. The highest BCUT2D eigenvalue weighted by Gasteiger charge is 2.20. The van der Waals surface area contributed by atoms with E-state index >= 15 is 0 Å². The number of amides is 2. The molecule has 0 aromatic heterocycles. The molecule has 2 amide bonds. The zero-order chi connectivity index (χ0) is 14.6. The smallest absolute Gasteiger partial charge is 0.254 e. The predicted molar refractivity (Wildman–Crippen MR) is 74.3 cm³/mol. The average Bonchev–Trinajstić information content (AvgIpc) is 2.39. The van der Waals surface area contributed by atoms with Crippen molar-refractivity contribution in [2.45, 2.75) is 19.9 Å². The fourth-order valence-electron chi connectivity index (χ4n) is 1.49. The van der Waals surface area contributed by atoms with Crippen molar-refractivity contribution in [2.75, 3.05) is 13.6 Å². The predicted octanol–water partition coefficient (Wildman–Crippen LogP) is 2.18. The Balaban J connectivity index is 2.80. The lowest BCUT2D eigenvalue weighted by atomic mass is 10.2. The third-order valence-electron chi connectivity index (χ3n) is 2.74. The van der Waals surface area contributed by atoms with Crippen LogP contribution in [-0.2, 0) is 4.79 Å². The quantitative estimate of drug-likeness (QED) is 0.919. The number of nitrogens with zero attached hydrogens (tertiary/aromatic N) is 1. The second-order valence-corrected chi connectivity index (χ2v) is 5.09. The van der Waals surface area contributed by atoms with Crippen molar-refractivity contribution in [1.29, 1.82) is 0 Å². The zero-order valence-corrected chi connectivity index (χ0v) is 12.6. The molecule has 1 aromatic rings. The normalized spacial score (nSPS) is 11.8. The van der Waals surface area contributed by atoms with Gasteiger partial charge in [-0.25, -0.2) is 4.39 Å². The van der Waals surface area contributed by atoms with E-state index in [1.54, 1.807) is 14.0 Å². The molecule has 6 heteroatoms. The highest BCUT2D eigenvalue weighted by molar-refractivity contribution is 9.10. The van der Waals surface area contributed by atoms with Crippen molar-refractivity contribution in [2.24, 2.45) is 0 Å². The first-order valence-electron chi connectivity index (χ1n) is 5.87. The topological polar surface area (TPSA) is 49.4 Å². The van der Waals surface area contributed by atoms with Crippen LogP contribution in [0, 0.1) is 5.82 Å². The number of halogens is 2. The van der Waals surface area contributed by atoms with E-state index in [9.17, 15) is 14.0 Å². The van der Waals surface area contributed by atoms with Gasteiger partial charge in [-0.05, 0) is 32.0 Å². The lowest BCUT2D eigenvalue weighted by Crippen LogP contribution is -2.45. The Morgan fingerprint density at radius 2 is 2.11 bits per heavy atom. The maximum Gasteiger partial charge on any atom is 0.254 e. The largest absolute Gasteiger partial charge is 0.344 e.